The SMILES string of the molecule is CNC(C)(C)C(=O)c1ccc2cccnc2c1. The molecular weight excluding hydrogens is 212 g/mol. The van der Waals surface area contributed by atoms with E-state index < -0.39 is 5.54 Å². The maximum Gasteiger partial charge on any atom is 0.182 e. The van der Waals surface area contributed by atoms with Gasteiger partial charge in [0.1, 0.15) is 0 Å². The smallest absolute Gasteiger partial charge is 0.182 e. The van der Waals surface area contributed by atoms with Gasteiger partial charge in [0.2, 0.25) is 0 Å². The number of pyridine rings is 1. The summed E-state index contributed by atoms with van der Waals surface area (Å²) in [7, 11) is 1.79. The van der Waals surface area contributed by atoms with Crippen molar-refractivity contribution in [3.05, 3.63) is 42.1 Å². The van der Waals surface area contributed by atoms with Gasteiger partial charge in [-0.15, -0.1) is 0 Å². The van der Waals surface area contributed by atoms with Crippen LogP contribution in [0.2, 0.25) is 0 Å². The molecule has 0 saturated carbocycles. The number of hydrogen-bond donors (Lipinski definition) is 1. The first kappa shape index (κ1) is 11.7. The lowest BCUT2D eigenvalue weighted by molar-refractivity contribution is 0.0889. The molecule has 1 aromatic heterocycles. The van der Waals surface area contributed by atoms with E-state index in [2.05, 4.69) is 10.3 Å². The van der Waals surface area contributed by atoms with Crippen LogP contribution >= 0.6 is 0 Å². The van der Waals surface area contributed by atoms with Crippen LogP contribution in [0.15, 0.2) is 36.5 Å². The van der Waals surface area contributed by atoms with Gasteiger partial charge in [0.25, 0.3) is 0 Å². The molecule has 0 bridgehead atoms. The lowest BCUT2D eigenvalue weighted by atomic mass is 9.93. The monoisotopic (exact) mass is 228 g/mol. The van der Waals surface area contributed by atoms with Crippen molar-refractivity contribution in [1.82, 2.24) is 10.3 Å². The summed E-state index contributed by atoms with van der Waals surface area (Å²) in [6.07, 6.45) is 1.74. The summed E-state index contributed by atoms with van der Waals surface area (Å²) in [6.45, 7) is 3.75. The number of nitrogens with one attached hydrogen (secondary N) is 1. The van der Waals surface area contributed by atoms with Crippen molar-refractivity contribution in [2.75, 3.05) is 7.05 Å². The standard InChI is InChI=1S/C14H16N2O/c1-14(2,15-3)13(17)11-7-6-10-5-4-8-16-12(10)9-11/h4-9,15H,1-3H3. The van der Waals surface area contributed by atoms with Crippen LogP contribution < -0.4 is 5.32 Å². The van der Waals surface area contributed by atoms with Crippen LogP contribution in [-0.4, -0.2) is 23.4 Å². The van der Waals surface area contributed by atoms with Gasteiger partial charge in [-0.3, -0.25) is 9.78 Å². The largest absolute Gasteiger partial charge is 0.308 e. The third-order valence-electron chi connectivity index (χ3n) is 3.06. The lowest BCUT2D eigenvalue weighted by Crippen LogP contribution is -2.44. The highest BCUT2D eigenvalue weighted by Gasteiger charge is 2.26. The molecule has 0 unspecified atom stereocenters. The second kappa shape index (κ2) is 4.26. The first-order valence-corrected chi connectivity index (χ1v) is 5.63. The van der Waals surface area contributed by atoms with E-state index in [1.807, 2.05) is 44.2 Å². The summed E-state index contributed by atoms with van der Waals surface area (Å²) < 4.78 is 0. The van der Waals surface area contributed by atoms with Crippen LogP contribution in [0.25, 0.3) is 10.9 Å². The highest BCUT2D eigenvalue weighted by Crippen LogP contribution is 2.17. The molecule has 1 aromatic carbocycles. The van der Waals surface area contributed by atoms with Gasteiger partial charge in [-0.1, -0.05) is 18.2 Å². The van der Waals surface area contributed by atoms with Crippen LogP contribution in [0.4, 0.5) is 0 Å². The van der Waals surface area contributed by atoms with Gasteiger partial charge in [-0.2, -0.15) is 0 Å². The summed E-state index contributed by atoms with van der Waals surface area (Å²) >= 11 is 0. The molecule has 0 fully saturated rings. The average molecular weight is 228 g/mol. The first-order valence-electron chi connectivity index (χ1n) is 5.63. The molecule has 0 aliphatic heterocycles. The van der Waals surface area contributed by atoms with Gasteiger partial charge in [-0.25, -0.2) is 0 Å². The zero-order valence-electron chi connectivity index (χ0n) is 10.3. The average Bonchev–Trinajstić information content (AvgIpc) is 2.37. The fraction of sp³-hybridized carbons (Fsp3) is 0.286. The molecule has 0 atom stereocenters. The summed E-state index contributed by atoms with van der Waals surface area (Å²) in [4.78, 5) is 16.5. The Balaban J connectivity index is 2.47. The van der Waals surface area contributed by atoms with Crippen molar-refractivity contribution in [2.24, 2.45) is 0 Å². The van der Waals surface area contributed by atoms with Crippen LogP contribution in [0.5, 0.6) is 0 Å². The highest BCUT2D eigenvalue weighted by molar-refractivity contribution is 6.04. The Bertz CT molecular complexity index is 561. The molecule has 0 saturated heterocycles. The number of hydrogen-bond acceptors (Lipinski definition) is 3. The van der Waals surface area contributed by atoms with Gasteiger partial charge in [-0.05, 0) is 33.0 Å². The third kappa shape index (κ3) is 2.19. The number of carbonyl (C=O) groups is 1. The normalized spacial score (nSPS) is 11.7. The van der Waals surface area contributed by atoms with Crippen LogP contribution in [-0.2, 0) is 0 Å². The van der Waals surface area contributed by atoms with E-state index >= 15 is 0 Å². The first-order chi connectivity index (χ1) is 8.04. The highest BCUT2D eigenvalue weighted by atomic mass is 16.1. The molecular formula is C14H16N2O. The van der Waals surface area contributed by atoms with E-state index in [0.29, 0.717) is 5.56 Å². The maximum atomic E-state index is 12.3. The zero-order valence-corrected chi connectivity index (χ0v) is 10.3. The van der Waals surface area contributed by atoms with E-state index in [0.717, 1.165) is 10.9 Å². The Kier molecular flexibility index (Phi) is 2.94. The number of rotatable bonds is 3. The summed E-state index contributed by atoms with van der Waals surface area (Å²) in [5, 5.41) is 4.07. The minimum absolute atomic E-state index is 0.0764. The number of likely N-dealkylation sites (N-methyl/N-ethyl adjacent to an activating group) is 1. The predicted molar refractivity (Wildman–Crippen MR) is 69.2 cm³/mol. The van der Waals surface area contributed by atoms with Crippen molar-refractivity contribution >= 4 is 16.7 Å². The van der Waals surface area contributed by atoms with E-state index in [-0.39, 0.29) is 5.78 Å². The van der Waals surface area contributed by atoms with E-state index in [4.69, 9.17) is 0 Å². The molecule has 1 heterocycles. The lowest BCUT2D eigenvalue weighted by Gasteiger charge is -2.22. The number of ketones is 1. The third-order valence-corrected chi connectivity index (χ3v) is 3.06. The molecule has 0 amide bonds. The Morgan fingerprint density at radius 1 is 1.29 bits per heavy atom. The van der Waals surface area contributed by atoms with Crippen molar-refractivity contribution in [2.45, 2.75) is 19.4 Å². The zero-order chi connectivity index (χ0) is 12.5. The van der Waals surface area contributed by atoms with Crippen molar-refractivity contribution in [3.8, 4) is 0 Å². The quantitative estimate of drug-likeness (QED) is 0.820. The second-order valence-electron chi connectivity index (χ2n) is 4.62. The molecule has 2 rings (SSSR count). The minimum atomic E-state index is -0.553. The number of carbonyl (C=O) groups excluding carboxylic acids is 1. The molecule has 17 heavy (non-hydrogen) atoms. The van der Waals surface area contributed by atoms with Crippen LogP contribution in [0, 0.1) is 0 Å². The molecule has 0 aliphatic carbocycles. The Morgan fingerprint density at radius 2 is 2.06 bits per heavy atom. The number of nitrogens with zero attached hydrogens (tertiary/aromatic N) is 1. The molecule has 0 spiro atoms. The molecule has 1 N–H and O–H groups in total. The Morgan fingerprint density at radius 3 is 2.76 bits per heavy atom. The van der Waals surface area contributed by atoms with E-state index in [1.165, 1.54) is 0 Å². The number of fused-ring (bicyclic) bond motifs is 1. The summed E-state index contributed by atoms with van der Waals surface area (Å²) in [5.41, 5.74) is 0.989. The van der Waals surface area contributed by atoms with Crippen molar-refractivity contribution in [1.29, 1.82) is 0 Å². The van der Waals surface area contributed by atoms with Crippen LogP contribution in [0.1, 0.15) is 24.2 Å². The second-order valence-corrected chi connectivity index (χ2v) is 4.62. The molecule has 3 nitrogen and oxygen atoms in total. The molecule has 3 heteroatoms. The van der Waals surface area contributed by atoms with Gasteiger partial charge in [0.05, 0.1) is 11.1 Å². The maximum absolute atomic E-state index is 12.3. The number of aromatic nitrogens is 1. The van der Waals surface area contributed by atoms with Gasteiger partial charge in [0.15, 0.2) is 5.78 Å². The minimum Gasteiger partial charge on any atom is -0.308 e. The summed E-state index contributed by atoms with van der Waals surface area (Å²) in [5.74, 6) is 0.0764. The molecule has 88 valence electrons. The van der Waals surface area contributed by atoms with Gasteiger partial charge in [0, 0.05) is 17.1 Å². The number of Topliss-reactive ketones (excluding diaryl/α,β-unsaturated/α-hetero) is 1. The fourth-order valence-electron chi connectivity index (χ4n) is 1.68. The molecule has 0 radical (unpaired) electrons. The molecule has 2 aromatic rings. The number of benzene rings is 1. The van der Waals surface area contributed by atoms with Gasteiger partial charge < -0.3 is 5.32 Å². The topological polar surface area (TPSA) is 42.0 Å². The Labute approximate surface area is 101 Å². The van der Waals surface area contributed by atoms with Crippen molar-refractivity contribution < 1.29 is 4.79 Å². The fourth-order valence-corrected chi connectivity index (χ4v) is 1.68. The Hall–Kier alpha value is -1.74. The van der Waals surface area contributed by atoms with E-state index in [1.54, 1.807) is 13.2 Å². The molecule has 0 aliphatic rings. The predicted octanol–water partition coefficient (Wildman–Crippen LogP) is 2.42. The summed E-state index contributed by atoms with van der Waals surface area (Å²) in [6, 6.07) is 9.50. The van der Waals surface area contributed by atoms with E-state index in [9.17, 15) is 4.79 Å². The van der Waals surface area contributed by atoms with Crippen LogP contribution in [0.3, 0.4) is 0 Å². The van der Waals surface area contributed by atoms with Gasteiger partial charge >= 0.3 is 0 Å². The van der Waals surface area contributed by atoms with Crippen molar-refractivity contribution in [3.63, 3.8) is 0 Å².